The SMILES string of the molecule is COc1ccc(NC(=O)N2CCCCC2)cn1. The maximum absolute atomic E-state index is 11.9. The fraction of sp³-hybridized carbons (Fsp3) is 0.500. The number of amides is 2. The molecule has 0 unspecified atom stereocenters. The second-order valence-electron chi connectivity index (χ2n) is 4.07. The van der Waals surface area contributed by atoms with Gasteiger partial charge in [0.15, 0.2) is 0 Å². The monoisotopic (exact) mass is 235 g/mol. The van der Waals surface area contributed by atoms with Crippen LogP contribution < -0.4 is 10.1 Å². The summed E-state index contributed by atoms with van der Waals surface area (Å²) < 4.78 is 4.96. The van der Waals surface area contributed by atoms with Crippen molar-refractivity contribution >= 4 is 11.7 Å². The van der Waals surface area contributed by atoms with Crippen LogP contribution in [0.4, 0.5) is 10.5 Å². The molecule has 0 bridgehead atoms. The van der Waals surface area contributed by atoms with Crippen LogP contribution in [0.5, 0.6) is 5.88 Å². The number of nitrogens with zero attached hydrogens (tertiary/aromatic N) is 2. The molecular weight excluding hydrogens is 218 g/mol. The lowest BCUT2D eigenvalue weighted by Gasteiger charge is -2.26. The lowest BCUT2D eigenvalue weighted by Crippen LogP contribution is -2.38. The van der Waals surface area contributed by atoms with Gasteiger partial charge in [-0.3, -0.25) is 0 Å². The molecule has 0 spiro atoms. The molecule has 1 aromatic rings. The Morgan fingerprint density at radius 2 is 2.12 bits per heavy atom. The maximum Gasteiger partial charge on any atom is 0.321 e. The number of hydrogen-bond donors (Lipinski definition) is 1. The third-order valence-electron chi connectivity index (χ3n) is 2.84. The minimum Gasteiger partial charge on any atom is -0.481 e. The lowest BCUT2D eigenvalue weighted by atomic mass is 10.1. The standard InChI is InChI=1S/C12H17N3O2/c1-17-11-6-5-10(9-13-11)14-12(16)15-7-3-2-4-8-15/h5-6,9H,2-4,7-8H2,1H3,(H,14,16). The number of rotatable bonds is 2. The van der Waals surface area contributed by atoms with E-state index in [1.165, 1.54) is 6.42 Å². The quantitative estimate of drug-likeness (QED) is 0.854. The number of anilines is 1. The zero-order valence-corrected chi connectivity index (χ0v) is 9.98. The van der Waals surface area contributed by atoms with Crippen molar-refractivity contribution in [3.8, 4) is 5.88 Å². The highest BCUT2D eigenvalue weighted by atomic mass is 16.5. The van der Waals surface area contributed by atoms with E-state index in [9.17, 15) is 4.79 Å². The minimum atomic E-state index is -0.0448. The van der Waals surface area contributed by atoms with Gasteiger partial charge in [0, 0.05) is 19.2 Å². The van der Waals surface area contributed by atoms with E-state index in [2.05, 4.69) is 10.3 Å². The molecule has 1 aliphatic rings. The van der Waals surface area contributed by atoms with Crippen LogP contribution in [-0.2, 0) is 0 Å². The molecule has 1 saturated heterocycles. The number of piperidine rings is 1. The Bertz CT molecular complexity index is 372. The summed E-state index contributed by atoms with van der Waals surface area (Å²) in [7, 11) is 1.56. The molecule has 5 heteroatoms. The van der Waals surface area contributed by atoms with Crippen LogP contribution in [0.1, 0.15) is 19.3 Å². The number of nitrogens with one attached hydrogen (secondary N) is 1. The molecule has 1 N–H and O–H groups in total. The summed E-state index contributed by atoms with van der Waals surface area (Å²) in [6.07, 6.45) is 5.00. The Labute approximate surface area is 101 Å². The Morgan fingerprint density at radius 3 is 2.71 bits per heavy atom. The first-order valence-corrected chi connectivity index (χ1v) is 5.85. The number of pyridine rings is 1. The summed E-state index contributed by atoms with van der Waals surface area (Å²) in [4.78, 5) is 17.8. The van der Waals surface area contributed by atoms with Gasteiger partial charge in [0.05, 0.1) is 19.0 Å². The van der Waals surface area contributed by atoms with Gasteiger partial charge < -0.3 is 15.0 Å². The third kappa shape index (κ3) is 3.09. The van der Waals surface area contributed by atoms with E-state index in [0.29, 0.717) is 11.6 Å². The summed E-state index contributed by atoms with van der Waals surface area (Å²) in [5.41, 5.74) is 0.696. The molecule has 1 aromatic heterocycles. The number of methoxy groups -OCH3 is 1. The summed E-state index contributed by atoms with van der Waals surface area (Å²) in [6.45, 7) is 1.69. The maximum atomic E-state index is 11.9. The van der Waals surface area contributed by atoms with Gasteiger partial charge in [-0.05, 0) is 25.3 Å². The van der Waals surface area contributed by atoms with Crippen molar-refractivity contribution in [2.45, 2.75) is 19.3 Å². The van der Waals surface area contributed by atoms with Crippen molar-refractivity contribution in [2.75, 3.05) is 25.5 Å². The van der Waals surface area contributed by atoms with Gasteiger partial charge in [-0.15, -0.1) is 0 Å². The summed E-state index contributed by atoms with van der Waals surface area (Å²) in [5, 5.41) is 2.83. The molecule has 0 aromatic carbocycles. The summed E-state index contributed by atoms with van der Waals surface area (Å²) >= 11 is 0. The van der Waals surface area contributed by atoms with Gasteiger partial charge in [-0.2, -0.15) is 0 Å². The fourth-order valence-electron chi connectivity index (χ4n) is 1.87. The molecule has 0 atom stereocenters. The number of urea groups is 1. The lowest BCUT2D eigenvalue weighted by molar-refractivity contribution is 0.200. The highest BCUT2D eigenvalue weighted by Gasteiger charge is 2.16. The van der Waals surface area contributed by atoms with Crippen molar-refractivity contribution < 1.29 is 9.53 Å². The predicted molar refractivity (Wildman–Crippen MR) is 65.2 cm³/mol. The highest BCUT2D eigenvalue weighted by molar-refractivity contribution is 5.89. The van der Waals surface area contributed by atoms with E-state index in [4.69, 9.17) is 4.74 Å². The van der Waals surface area contributed by atoms with Crippen LogP contribution in [0.3, 0.4) is 0 Å². The van der Waals surface area contributed by atoms with E-state index < -0.39 is 0 Å². The zero-order chi connectivity index (χ0) is 12.1. The molecule has 5 nitrogen and oxygen atoms in total. The Kier molecular flexibility index (Phi) is 3.80. The van der Waals surface area contributed by atoms with Gasteiger partial charge in [-0.1, -0.05) is 0 Å². The largest absolute Gasteiger partial charge is 0.481 e. The van der Waals surface area contributed by atoms with E-state index in [1.807, 2.05) is 4.90 Å². The van der Waals surface area contributed by atoms with Crippen LogP contribution >= 0.6 is 0 Å². The summed E-state index contributed by atoms with van der Waals surface area (Å²) in [5.74, 6) is 0.543. The molecule has 2 rings (SSSR count). The number of likely N-dealkylation sites (tertiary alicyclic amines) is 1. The average Bonchev–Trinajstić information content (AvgIpc) is 2.40. The first-order chi connectivity index (χ1) is 8.29. The van der Waals surface area contributed by atoms with Gasteiger partial charge in [-0.25, -0.2) is 9.78 Å². The van der Waals surface area contributed by atoms with Gasteiger partial charge in [0.1, 0.15) is 0 Å². The number of carbonyl (C=O) groups is 1. The van der Waals surface area contributed by atoms with Crippen molar-refractivity contribution in [3.63, 3.8) is 0 Å². The minimum absolute atomic E-state index is 0.0448. The molecule has 2 amide bonds. The van der Waals surface area contributed by atoms with Crippen LogP contribution in [0.15, 0.2) is 18.3 Å². The van der Waals surface area contributed by atoms with Crippen molar-refractivity contribution in [1.29, 1.82) is 0 Å². The molecule has 92 valence electrons. The first kappa shape index (κ1) is 11.7. The predicted octanol–water partition coefficient (Wildman–Crippen LogP) is 2.11. The third-order valence-corrected chi connectivity index (χ3v) is 2.84. The molecule has 17 heavy (non-hydrogen) atoms. The van der Waals surface area contributed by atoms with Crippen LogP contribution in [0.2, 0.25) is 0 Å². The topological polar surface area (TPSA) is 54.5 Å². The summed E-state index contributed by atoms with van der Waals surface area (Å²) in [6, 6.07) is 3.47. The molecule has 0 saturated carbocycles. The number of hydrogen-bond acceptors (Lipinski definition) is 3. The molecule has 1 fully saturated rings. The molecule has 0 aliphatic carbocycles. The number of carbonyl (C=O) groups excluding carboxylic acids is 1. The van der Waals surface area contributed by atoms with E-state index in [-0.39, 0.29) is 6.03 Å². The molecular formula is C12H17N3O2. The fourth-order valence-corrected chi connectivity index (χ4v) is 1.87. The van der Waals surface area contributed by atoms with E-state index in [0.717, 1.165) is 25.9 Å². The second-order valence-corrected chi connectivity index (χ2v) is 4.07. The van der Waals surface area contributed by atoms with Gasteiger partial charge in [0.25, 0.3) is 0 Å². The average molecular weight is 235 g/mol. The van der Waals surface area contributed by atoms with Crippen molar-refractivity contribution in [1.82, 2.24) is 9.88 Å². The number of ether oxygens (including phenoxy) is 1. The van der Waals surface area contributed by atoms with E-state index in [1.54, 1.807) is 25.4 Å². The Hall–Kier alpha value is -1.78. The number of aromatic nitrogens is 1. The van der Waals surface area contributed by atoms with Crippen LogP contribution in [-0.4, -0.2) is 36.1 Å². The van der Waals surface area contributed by atoms with Crippen molar-refractivity contribution in [2.24, 2.45) is 0 Å². The van der Waals surface area contributed by atoms with Crippen LogP contribution in [0.25, 0.3) is 0 Å². The first-order valence-electron chi connectivity index (χ1n) is 5.85. The molecule has 0 radical (unpaired) electrons. The normalized spacial score (nSPS) is 15.5. The molecule has 2 heterocycles. The Balaban J connectivity index is 1.92. The van der Waals surface area contributed by atoms with Crippen LogP contribution in [0, 0.1) is 0 Å². The van der Waals surface area contributed by atoms with E-state index >= 15 is 0 Å². The smallest absolute Gasteiger partial charge is 0.321 e. The van der Waals surface area contributed by atoms with Gasteiger partial charge >= 0.3 is 6.03 Å². The highest BCUT2D eigenvalue weighted by Crippen LogP contribution is 2.14. The van der Waals surface area contributed by atoms with Gasteiger partial charge in [0.2, 0.25) is 5.88 Å². The Morgan fingerprint density at radius 1 is 1.35 bits per heavy atom. The molecule has 1 aliphatic heterocycles. The van der Waals surface area contributed by atoms with Crippen molar-refractivity contribution in [3.05, 3.63) is 18.3 Å². The second kappa shape index (κ2) is 5.52. The zero-order valence-electron chi connectivity index (χ0n) is 9.98.